The summed E-state index contributed by atoms with van der Waals surface area (Å²) in [5.41, 5.74) is 1.67. The van der Waals surface area contributed by atoms with Crippen LogP contribution in [0.2, 0.25) is 0 Å². The molecule has 0 spiro atoms. The fraction of sp³-hybridized carbons (Fsp3) is 0.615. The van der Waals surface area contributed by atoms with Gasteiger partial charge >= 0.3 is 0 Å². The molecule has 90 valence electrons. The van der Waals surface area contributed by atoms with Gasteiger partial charge in [0.05, 0.1) is 5.69 Å². The maximum atomic E-state index is 9.63. The number of pyridine rings is 1. The Balaban J connectivity index is 2.51. The van der Waals surface area contributed by atoms with Crippen molar-refractivity contribution < 1.29 is 5.11 Å². The molecule has 0 aliphatic heterocycles. The number of aromatic nitrogens is 1. The van der Waals surface area contributed by atoms with E-state index in [0.717, 1.165) is 17.8 Å². The summed E-state index contributed by atoms with van der Waals surface area (Å²) in [6.07, 6.45) is 1.13. The SMILES string of the molecule is Cc1ccc(O)c(CNC(C)CC(C)C)n1. The van der Waals surface area contributed by atoms with Gasteiger partial charge in [0.25, 0.3) is 0 Å². The van der Waals surface area contributed by atoms with Crippen LogP contribution in [-0.4, -0.2) is 16.1 Å². The summed E-state index contributed by atoms with van der Waals surface area (Å²) in [6.45, 7) is 9.13. The molecular weight excluding hydrogens is 200 g/mol. The lowest BCUT2D eigenvalue weighted by Crippen LogP contribution is -2.27. The Morgan fingerprint density at radius 2 is 2.00 bits per heavy atom. The van der Waals surface area contributed by atoms with Crippen LogP contribution in [0.5, 0.6) is 5.75 Å². The van der Waals surface area contributed by atoms with Crippen molar-refractivity contribution in [3.05, 3.63) is 23.5 Å². The molecule has 0 aromatic carbocycles. The molecule has 16 heavy (non-hydrogen) atoms. The first-order valence-corrected chi connectivity index (χ1v) is 5.88. The van der Waals surface area contributed by atoms with Gasteiger partial charge in [-0.2, -0.15) is 0 Å². The van der Waals surface area contributed by atoms with Crippen molar-refractivity contribution >= 4 is 0 Å². The van der Waals surface area contributed by atoms with Gasteiger partial charge in [-0.15, -0.1) is 0 Å². The predicted octanol–water partition coefficient (Wildman–Crippen LogP) is 2.62. The standard InChI is InChI=1S/C13H22N2O/c1-9(2)7-11(4)14-8-12-13(16)6-5-10(3)15-12/h5-6,9,11,14,16H,7-8H2,1-4H3. The van der Waals surface area contributed by atoms with Gasteiger partial charge < -0.3 is 10.4 Å². The number of rotatable bonds is 5. The zero-order chi connectivity index (χ0) is 12.1. The number of aromatic hydroxyl groups is 1. The third-order valence-corrected chi connectivity index (χ3v) is 2.53. The van der Waals surface area contributed by atoms with Gasteiger partial charge in [0.2, 0.25) is 0 Å². The smallest absolute Gasteiger partial charge is 0.138 e. The molecule has 1 atom stereocenters. The van der Waals surface area contributed by atoms with E-state index in [2.05, 4.69) is 31.1 Å². The Morgan fingerprint density at radius 3 is 2.62 bits per heavy atom. The van der Waals surface area contributed by atoms with E-state index in [1.54, 1.807) is 6.07 Å². The van der Waals surface area contributed by atoms with Crippen molar-refractivity contribution in [1.82, 2.24) is 10.3 Å². The van der Waals surface area contributed by atoms with Gasteiger partial charge in [0.15, 0.2) is 0 Å². The molecule has 0 amide bonds. The Bertz CT molecular complexity index is 337. The fourth-order valence-electron chi connectivity index (χ4n) is 1.79. The van der Waals surface area contributed by atoms with Crippen LogP contribution in [-0.2, 0) is 6.54 Å². The van der Waals surface area contributed by atoms with E-state index in [-0.39, 0.29) is 5.75 Å². The summed E-state index contributed by atoms with van der Waals surface area (Å²) in [4.78, 5) is 4.31. The van der Waals surface area contributed by atoms with Gasteiger partial charge in [-0.25, -0.2) is 0 Å². The maximum absolute atomic E-state index is 9.63. The molecule has 1 heterocycles. The molecule has 0 fully saturated rings. The Hall–Kier alpha value is -1.09. The molecule has 0 aliphatic rings. The lowest BCUT2D eigenvalue weighted by Gasteiger charge is -2.16. The molecule has 1 aromatic rings. The molecule has 1 rings (SSSR count). The van der Waals surface area contributed by atoms with Gasteiger partial charge in [-0.1, -0.05) is 13.8 Å². The van der Waals surface area contributed by atoms with E-state index in [1.165, 1.54) is 0 Å². The highest BCUT2D eigenvalue weighted by Gasteiger charge is 2.07. The van der Waals surface area contributed by atoms with Crippen LogP contribution in [0.1, 0.15) is 38.6 Å². The molecule has 0 saturated carbocycles. The van der Waals surface area contributed by atoms with Crippen molar-refractivity contribution in [2.24, 2.45) is 5.92 Å². The number of nitrogens with zero attached hydrogens (tertiary/aromatic N) is 1. The van der Waals surface area contributed by atoms with Crippen molar-refractivity contribution in [2.75, 3.05) is 0 Å². The first kappa shape index (κ1) is 13.0. The number of hydrogen-bond donors (Lipinski definition) is 2. The van der Waals surface area contributed by atoms with Crippen LogP contribution in [0.25, 0.3) is 0 Å². The van der Waals surface area contributed by atoms with E-state index in [9.17, 15) is 5.11 Å². The summed E-state index contributed by atoms with van der Waals surface area (Å²) < 4.78 is 0. The van der Waals surface area contributed by atoms with E-state index in [1.807, 2.05) is 13.0 Å². The minimum atomic E-state index is 0.273. The summed E-state index contributed by atoms with van der Waals surface area (Å²) in [5.74, 6) is 0.955. The Labute approximate surface area is 97.9 Å². The first-order valence-electron chi connectivity index (χ1n) is 5.88. The summed E-state index contributed by atoms with van der Waals surface area (Å²) >= 11 is 0. The highest BCUT2D eigenvalue weighted by Crippen LogP contribution is 2.14. The maximum Gasteiger partial charge on any atom is 0.138 e. The average Bonchev–Trinajstić information content (AvgIpc) is 2.18. The Morgan fingerprint density at radius 1 is 1.31 bits per heavy atom. The molecule has 1 aromatic heterocycles. The zero-order valence-corrected chi connectivity index (χ0v) is 10.6. The second-order valence-corrected chi connectivity index (χ2v) is 4.83. The Kier molecular flexibility index (Phi) is 4.74. The number of hydrogen-bond acceptors (Lipinski definition) is 3. The number of nitrogens with one attached hydrogen (secondary N) is 1. The van der Waals surface area contributed by atoms with Crippen LogP contribution in [0.3, 0.4) is 0 Å². The third-order valence-electron chi connectivity index (χ3n) is 2.53. The second kappa shape index (κ2) is 5.85. The monoisotopic (exact) mass is 222 g/mol. The minimum Gasteiger partial charge on any atom is -0.506 e. The molecular formula is C13H22N2O. The summed E-state index contributed by atoms with van der Waals surface area (Å²) in [7, 11) is 0. The fourth-order valence-corrected chi connectivity index (χ4v) is 1.79. The lowest BCUT2D eigenvalue weighted by molar-refractivity contribution is 0.424. The third kappa shape index (κ3) is 4.19. The van der Waals surface area contributed by atoms with Gasteiger partial charge in [-0.05, 0) is 38.3 Å². The minimum absolute atomic E-state index is 0.273. The van der Waals surface area contributed by atoms with E-state index >= 15 is 0 Å². The highest BCUT2D eigenvalue weighted by atomic mass is 16.3. The van der Waals surface area contributed by atoms with Gasteiger partial charge in [-0.3, -0.25) is 4.98 Å². The second-order valence-electron chi connectivity index (χ2n) is 4.83. The highest BCUT2D eigenvalue weighted by molar-refractivity contribution is 5.27. The molecule has 2 N–H and O–H groups in total. The van der Waals surface area contributed by atoms with E-state index in [4.69, 9.17) is 0 Å². The molecule has 0 saturated heterocycles. The zero-order valence-electron chi connectivity index (χ0n) is 10.6. The quantitative estimate of drug-likeness (QED) is 0.805. The van der Waals surface area contributed by atoms with Crippen molar-refractivity contribution in [3.63, 3.8) is 0 Å². The van der Waals surface area contributed by atoms with Crippen LogP contribution >= 0.6 is 0 Å². The molecule has 0 bridgehead atoms. The molecule has 3 heteroatoms. The largest absolute Gasteiger partial charge is 0.506 e. The summed E-state index contributed by atoms with van der Waals surface area (Å²) in [5, 5.41) is 13.0. The van der Waals surface area contributed by atoms with Crippen LogP contribution < -0.4 is 5.32 Å². The van der Waals surface area contributed by atoms with Crippen molar-refractivity contribution in [3.8, 4) is 5.75 Å². The average molecular weight is 222 g/mol. The molecule has 0 radical (unpaired) electrons. The topological polar surface area (TPSA) is 45.1 Å². The van der Waals surface area contributed by atoms with Crippen LogP contribution in [0.4, 0.5) is 0 Å². The van der Waals surface area contributed by atoms with Crippen molar-refractivity contribution in [2.45, 2.75) is 46.7 Å². The first-order chi connectivity index (χ1) is 7.49. The van der Waals surface area contributed by atoms with Crippen LogP contribution in [0, 0.1) is 12.8 Å². The lowest BCUT2D eigenvalue weighted by atomic mass is 10.1. The summed E-state index contributed by atoms with van der Waals surface area (Å²) in [6, 6.07) is 3.96. The van der Waals surface area contributed by atoms with Gasteiger partial charge in [0, 0.05) is 18.3 Å². The van der Waals surface area contributed by atoms with E-state index in [0.29, 0.717) is 18.5 Å². The predicted molar refractivity (Wildman–Crippen MR) is 66.4 cm³/mol. The van der Waals surface area contributed by atoms with E-state index < -0.39 is 0 Å². The van der Waals surface area contributed by atoms with Gasteiger partial charge in [0.1, 0.15) is 5.75 Å². The molecule has 0 aliphatic carbocycles. The molecule has 1 unspecified atom stereocenters. The van der Waals surface area contributed by atoms with Crippen LogP contribution in [0.15, 0.2) is 12.1 Å². The normalized spacial score (nSPS) is 13.1. The molecule has 3 nitrogen and oxygen atoms in total. The van der Waals surface area contributed by atoms with Crippen molar-refractivity contribution in [1.29, 1.82) is 0 Å². The number of aryl methyl sites for hydroxylation is 1.